The highest BCUT2D eigenvalue weighted by Gasteiger charge is 2.54. The van der Waals surface area contributed by atoms with Crippen LogP contribution in [0.1, 0.15) is 35.6 Å². The van der Waals surface area contributed by atoms with Crippen molar-refractivity contribution in [1.82, 2.24) is 10.9 Å². The van der Waals surface area contributed by atoms with Crippen LogP contribution in [0.3, 0.4) is 0 Å². The van der Waals surface area contributed by atoms with Crippen LogP contribution < -0.4 is 20.3 Å². The third kappa shape index (κ3) is 8.19. The van der Waals surface area contributed by atoms with Crippen LogP contribution in [0.5, 0.6) is 11.5 Å². The van der Waals surface area contributed by atoms with Crippen LogP contribution in [0.4, 0.5) is 5.69 Å². The number of carbonyl (C=O) groups is 1. The quantitative estimate of drug-likeness (QED) is 0.0464. The summed E-state index contributed by atoms with van der Waals surface area (Å²) in [6.07, 6.45) is -1.00. The molecule has 0 saturated carbocycles. The molecule has 5 rings (SSSR count). The van der Waals surface area contributed by atoms with E-state index in [1.54, 1.807) is 79.9 Å². The number of azide groups is 1. The number of aliphatic hydroxyl groups is 1. The first-order chi connectivity index (χ1) is 23.8. The van der Waals surface area contributed by atoms with Crippen molar-refractivity contribution >= 4 is 27.3 Å². The number of ether oxygens (including phenoxy) is 3. The summed E-state index contributed by atoms with van der Waals surface area (Å²) in [7, 11) is -2.33. The first-order valence-electron chi connectivity index (χ1n) is 15.5. The Morgan fingerprint density at radius 2 is 1.73 bits per heavy atom. The summed E-state index contributed by atoms with van der Waals surface area (Å²) in [6, 6.07) is 28.7. The van der Waals surface area contributed by atoms with Crippen LogP contribution in [-0.2, 0) is 25.9 Å². The maximum Gasteiger partial charge on any atom is 0.266 e. The molecule has 1 heterocycles. The number of aliphatic imine (C=N–C) groups is 1. The SMILES string of the molecule is COc1ccccc1CNNC(=O)[C@@]1(CCS(=O)(=O)c2ccccc2)N=C(c2ccc(OCCCO)cc2)O[C@H]1c1ccccc1N=[N+]=[N-]. The van der Waals surface area contributed by atoms with Crippen molar-refractivity contribution in [2.75, 3.05) is 26.1 Å². The summed E-state index contributed by atoms with van der Waals surface area (Å²) < 4.78 is 44.7. The predicted octanol–water partition coefficient (Wildman–Crippen LogP) is 5.34. The first kappa shape index (κ1) is 34.9. The second-order valence-electron chi connectivity index (χ2n) is 11.0. The van der Waals surface area contributed by atoms with E-state index < -0.39 is 33.1 Å². The molecule has 0 saturated heterocycles. The Bertz CT molecular complexity index is 1930. The molecule has 2 atom stereocenters. The van der Waals surface area contributed by atoms with Crippen LogP contribution in [0.2, 0.25) is 0 Å². The van der Waals surface area contributed by atoms with Gasteiger partial charge in [-0.2, -0.15) is 0 Å². The Kier molecular flexibility index (Phi) is 11.5. The van der Waals surface area contributed by atoms with Gasteiger partial charge < -0.3 is 19.3 Å². The standard InChI is InChI=1S/C35H36N6O7S/c1-46-31-15-8-5-10-26(31)24-37-40-34(43)35(20-23-49(44,45)28-11-3-2-4-12-28)32(29-13-6-7-14-30(29)39-41-36)48-33(38-35)25-16-18-27(19-17-25)47-22-9-21-42/h2-8,10-19,32,37,42H,9,20-24H2,1H3,(H,40,43)/t32-,35-/m0/s1. The molecule has 0 aromatic heterocycles. The predicted molar refractivity (Wildman–Crippen MR) is 183 cm³/mol. The van der Waals surface area contributed by atoms with Gasteiger partial charge in [-0.1, -0.05) is 65.8 Å². The van der Waals surface area contributed by atoms with E-state index in [0.29, 0.717) is 35.7 Å². The van der Waals surface area contributed by atoms with Crippen LogP contribution in [-0.4, -0.2) is 56.9 Å². The van der Waals surface area contributed by atoms with Crippen LogP contribution in [0, 0.1) is 0 Å². The van der Waals surface area contributed by atoms with Gasteiger partial charge in [-0.05, 0) is 48.0 Å². The highest BCUT2D eigenvalue weighted by molar-refractivity contribution is 7.91. The summed E-state index contributed by atoms with van der Waals surface area (Å²) in [5.74, 6) is 0.140. The molecule has 3 N–H and O–H groups in total. The highest BCUT2D eigenvalue weighted by Crippen LogP contribution is 2.45. The molecule has 0 bridgehead atoms. The largest absolute Gasteiger partial charge is 0.496 e. The number of aliphatic hydroxyl groups excluding tert-OH is 1. The third-order valence-electron chi connectivity index (χ3n) is 7.93. The molecule has 1 aliphatic rings. The minimum absolute atomic E-state index is 0.000666. The van der Waals surface area contributed by atoms with Crippen molar-refractivity contribution in [3.8, 4) is 11.5 Å². The van der Waals surface area contributed by atoms with E-state index in [4.69, 9.17) is 24.3 Å². The van der Waals surface area contributed by atoms with Gasteiger partial charge in [0.25, 0.3) is 5.91 Å². The van der Waals surface area contributed by atoms with Gasteiger partial charge >= 0.3 is 0 Å². The molecule has 1 aliphatic heterocycles. The van der Waals surface area contributed by atoms with Crippen molar-refractivity contribution < 1.29 is 32.5 Å². The zero-order valence-corrected chi connectivity index (χ0v) is 27.5. The van der Waals surface area contributed by atoms with E-state index in [-0.39, 0.29) is 36.1 Å². The number of hydrazine groups is 1. The molecular formula is C35H36N6O7S. The molecule has 4 aromatic rings. The topological polar surface area (TPSA) is 184 Å². The maximum atomic E-state index is 14.5. The molecular weight excluding hydrogens is 648 g/mol. The summed E-state index contributed by atoms with van der Waals surface area (Å²) in [4.78, 5) is 22.4. The number of benzene rings is 4. The number of nitrogens with zero attached hydrogens (tertiary/aromatic N) is 4. The number of para-hydroxylation sites is 1. The van der Waals surface area contributed by atoms with Gasteiger partial charge in [0, 0.05) is 53.3 Å². The van der Waals surface area contributed by atoms with Crippen molar-refractivity contribution in [3.05, 3.63) is 130 Å². The summed E-state index contributed by atoms with van der Waals surface area (Å²) in [5, 5.41) is 12.9. The van der Waals surface area contributed by atoms with Crippen molar-refractivity contribution in [2.24, 2.45) is 10.1 Å². The fourth-order valence-corrected chi connectivity index (χ4v) is 6.80. The fourth-order valence-electron chi connectivity index (χ4n) is 5.41. The van der Waals surface area contributed by atoms with Gasteiger partial charge in [-0.3, -0.25) is 10.2 Å². The van der Waals surface area contributed by atoms with Crippen LogP contribution in [0.25, 0.3) is 10.4 Å². The lowest BCUT2D eigenvalue weighted by Gasteiger charge is -2.31. The minimum atomic E-state index is -3.87. The second kappa shape index (κ2) is 16.1. The second-order valence-corrected chi connectivity index (χ2v) is 13.1. The molecule has 0 radical (unpaired) electrons. The number of nitrogens with one attached hydrogen (secondary N) is 2. The van der Waals surface area contributed by atoms with Crippen LogP contribution >= 0.6 is 0 Å². The van der Waals surface area contributed by atoms with Crippen molar-refractivity contribution in [3.63, 3.8) is 0 Å². The molecule has 13 nitrogen and oxygen atoms in total. The summed E-state index contributed by atoms with van der Waals surface area (Å²) in [5.41, 5.74) is 15.0. The third-order valence-corrected chi connectivity index (χ3v) is 9.66. The monoisotopic (exact) mass is 684 g/mol. The normalized spacial score (nSPS) is 16.9. The molecule has 1 amide bonds. The van der Waals surface area contributed by atoms with Gasteiger partial charge in [-0.15, -0.1) is 0 Å². The zero-order chi connectivity index (χ0) is 34.7. The Balaban J connectivity index is 1.56. The number of carbonyl (C=O) groups excluding carboxylic acids is 1. The highest BCUT2D eigenvalue weighted by atomic mass is 32.2. The average Bonchev–Trinajstić information content (AvgIpc) is 3.53. The zero-order valence-electron chi connectivity index (χ0n) is 26.7. The minimum Gasteiger partial charge on any atom is -0.496 e. The van der Waals surface area contributed by atoms with E-state index in [2.05, 4.69) is 20.9 Å². The van der Waals surface area contributed by atoms with E-state index >= 15 is 0 Å². The molecule has 254 valence electrons. The number of amides is 1. The lowest BCUT2D eigenvalue weighted by molar-refractivity contribution is -0.130. The molecule has 4 aromatic carbocycles. The van der Waals surface area contributed by atoms with Crippen molar-refractivity contribution in [1.29, 1.82) is 0 Å². The number of methoxy groups -OCH3 is 1. The molecule has 49 heavy (non-hydrogen) atoms. The van der Waals surface area contributed by atoms with Gasteiger partial charge in [0.1, 0.15) is 11.5 Å². The smallest absolute Gasteiger partial charge is 0.266 e. The molecule has 0 spiro atoms. The lowest BCUT2D eigenvalue weighted by atomic mass is 9.84. The Morgan fingerprint density at radius 1 is 1.02 bits per heavy atom. The Hall–Kier alpha value is -5.40. The number of hydrogen-bond donors (Lipinski definition) is 3. The van der Waals surface area contributed by atoms with Gasteiger partial charge in [0.15, 0.2) is 21.5 Å². The average molecular weight is 685 g/mol. The van der Waals surface area contributed by atoms with Gasteiger partial charge in [-0.25, -0.2) is 18.8 Å². The van der Waals surface area contributed by atoms with E-state index in [1.165, 1.54) is 12.1 Å². The number of rotatable bonds is 16. The lowest BCUT2D eigenvalue weighted by Crippen LogP contribution is -2.53. The summed E-state index contributed by atoms with van der Waals surface area (Å²) in [6.45, 7) is 0.509. The fraction of sp³-hybridized carbons (Fsp3) is 0.257. The van der Waals surface area contributed by atoms with Gasteiger partial charge in [0.2, 0.25) is 5.90 Å². The Morgan fingerprint density at radius 3 is 2.47 bits per heavy atom. The van der Waals surface area contributed by atoms with E-state index in [1.807, 2.05) is 18.2 Å². The van der Waals surface area contributed by atoms with E-state index in [0.717, 1.165) is 5.56 Å². The molecule has 0 aliphatic carbocycles. The van der Waals surface area contributed by atoms with Crippen molar-refractivity contribution in [2.45, 2.75) is 35.9 Å². The molecule has 0 unspecified atom stereocenters. The van der Waals surface area contributed by atoms with Crippen LogP contribution in [0.15, 0.2) is 118 Å². The molecule has 14 heteroatoms. The summed E-state index contributed by atoms with van der Waals surface area (Å²) >= 11 is 0. The first-order valence-corrected chi connectivity index (χ1v) is 17.1. The van der Waals surface area contributed by atoms with E-state index in [9.17, 15) is 18.7 Å². The molecule has 0 fully saturated rings. The van der Waals surface area contributed by atoms with Gasteiger partial charge in [0.05, 0.1) is 24.4 Å². The Labute approximate surface area is 284 Å². The number of hydrogen-bond acceptors (Lipinski definition) is 10. The maximum absolute atomic E-state index is 14.5. The number of sulfone groups is 1.